The summed E-state index contributed by atoms with van der Waals surface area (Å²) in [5.74, 6) is 0. The van der Waals surface area contributed by atoms with Crippen LogP contribution in [-0.2, 0) is 0 Å². The molecule has 0 fully saturated rings. The molecule has 0 nitrogen and oxygen atoms in total. The second-order valence-corrected chi connectivity index (χ2v) is 59.0. The molecule has 0 atom stereocenters. The third kappa shape index (κ3) is 36.9. The predicted molar refractivity (Wildman–Crippen MR) is 932 cm³/mol. The van der Waals surface area contributed by atoms with Gasteiger partial charge in [-0.1, -0.05) is 0 Å². The number of hydrogen-bond donors (Lipinski definition) is 0. The molecule has 0 saturated carbocycles. The van der Waals surface area contributed by atoms with Crippen LogP contribution in [0.25, 0.3) is 0 Å². The van der Waals surface area contributed by atoms with Crippen molar-refractivity contribution in [2.24, 2.45) is 0 Å². The predicted octanol–water partition coefficient (Wildman–Crippen LogP) is -84.8. The Bertz CT molecular complexity index is 2230. The summed E-state index contributed by atoms with van der Waals surface area (Å²) < 4.78 is 0. The van der Waals surface area contributed by atoms with Crippen molar-refractivity contribution in [2.75, 3.05) is 0 Å². The molecule has 0 aromatic heterocycles. The fourth-order valence-electron chi connectivity index (χ4n) is 38.5. The lowest BCUT2D eigenvalue weighted by Crippen LogP contribution is -3.03. The Balaban J connectivity index is 17.5. The lowest BCUT2D eigenvalue weighted by molar-refractivity contribution is 3.11. The molecular weight excluding hydrogens is 1410 g/mol. The molecule has 0 saturated heterocycles. The summed E-state index contributed by atoms with van der Waals surface area (Å²) in [6.45, 7) is 0. The zero-order valence-electron chi connectivity index (χ0n) is 103. The first-order chi connectivity index (χ1) is 59.1. The van der Waals surface area contributed by atoms with E-state index in [9.17, 15) is 0 Å². The Morgan fingerprint density at radius 2 is 0.0692 bits per heavy atom. The van der Waals surface area contributed by atoms with E-state index < -0.39 is 0 Å². The summed E-state index contributed by atoms with van der Waals surface area (Å²) in [4.78, 5) is 0. The van der Waals surface area contributed by atoms with Gasteiger partial charge in [0.2, 0.25) is 0 Å². The van der Waals surface area contributed by atoms with Crippen LogP contribution < -0.4 is 0 Å². The molecule has 130 heavy (non-hydrogen) atoms. The Morgan fingerprint density at radius 3 is 0.115 bits per heavy atom. The maximum absolute atomic E-state index is 2.90. The molecule has 522 valence electrons. The van der Waals surface area contributed by atoms with E-state index in [1.54, 1.807) is 0 Å². The second kappa shape index (κ2) is 63.7. The monoisotopic (exact) mass is 1560 g/mol. The van der Waals surface area contributed by atoms with Crippen LogP contribution in [0.15, 0.2) is 0 Å². The van der Waals surface area contributed by atoms with E-state index in [1.165, 1.54) is 0 Å². The van der Waals surface area contributed by atoms with Crippen LogP contribution in [0.1, 0.15) is 0 Å². The molecule has 0 heterocycles. The maximum atomic E-state index is 2.90. The minimum absolute atomic E-state index is 0.288. The summed E-state index contributed by atoms with van der Waals surface area (Å²) in [6.07, 6.45) is 28.7. The molecule has 0 aliphatic rings. The van der Waals surface area contributed by atoms with Gasteiger partial charge in [0, 0.05) is 409 Å². The smallest absolute Gasteiger partial charge is 0.000000105 e. The fourth-order valence-corrected chi connectivity index (χ4v) is 38.5. The van der Waals surface area contributed by atoms with Crippen LogP contribution in [0.4, 0.5) is 0 Å². The molecule has 0 aromatic rings. The molecule has 0 aliphatic carbocycles. The Kier molecular flexibility index (Phi) is 67.8. The van der Waals surface area contributed by atoms with Gasteiger partial charge in [-0.25, -0.2) is 0 Å². The molecule has 0 spiro atoms. The van der Waals surface area contributed by atoms with Crippen molar-refractivity contribution >= 4 is 919 Å². The molecule has 0 unspecified atom stereocenters. The van der Waals surface area contributed by atoms with E-state index in [-0.39, 0.29) is 6.39 Å². The van der Waals surface area contributed by atoms with Gasteiger partial charge in [0.05, 0.1) is 511 Å². The fraction of sp³-hybridized carbons (Fsp3) is 0. The number of hydrogen-bond acceptors (Lipinski definition) is 0. The van der Waals surface area contributed by atoms with Gasteiger partial charge in [-0.05, 0) is 0 Å². The average Bonchev–Trinajstić information content (AvgIpc) is 0.698. The molecule has 0 aromatic carbocycles. The summed E-state index contributed by atoms with van der Waals surface area (Å²) in [6, 6.07) is 0. The minimum atomic E-state index is 0.288. The van der Waals surface area contributed by atoms with Crippen molar-refractivity contribution in [3.05, 3.63) is 0 Å². The van der Waals surface area contributed by atoms with Crippen molar-refractivity contribution in [1.29, 1.82) is 0 Å². The first-order valence-corrected chi connectivity index (χ1v) is 59.1. The second-order valence-electron chi connectivity index (χ2n) is 59.0. The third-order valence-corrected chi connectivity index (χ3v) is 38.7. The van der Waals surface area contributed by atoms with E-state index in [1.807, 2.05) is 0 Å². The number of rotatable bonds is 63. The average molecular weight is 1540 g/mol. The highest BCUT2D eigenvalue weighted by Gasteiger charge is 2.72. The highest BCUT2D eigenvalue weighted by atomic mass is 13.5. The molecule has 0 amide bonds. The SMILES string of the molecule is BB(B)B(B(B)B)B(B(B)B)B(B(B(B)B)B(B)B)B(B(B(B(B)B)B(B)B)B(B(B)B)B(B)B)B(B(B(B(B(B)B)B(B)B)B(B(B)B)B(B)B)B(B(B(B)B)B(B)B)B(B(B)B)B(B)B)B(B(B(B(B(B)B)B(B)B)B(B(B)B)B(B)B)B(B(B(B)B)B(B)B)B(B(B)B)B(B)B)B(B(B(B(B)B)B(B)B)B(B(B)B)B(B)B)B(B(B(B)B)B(B)B)B(B(B)B)B(B)B. The van der Waals surface area contributed by atoms with Crippen molar-refractivity contribution < 1.29 is 0 Å². The van der Waals surface area contributed by atoms with E-state index in [2.05, 4.69) is 511 Å². The van der Waals surface area contributed by atoms with E-state index in [0.717, 1.165) is 0 Å². The highest BCUT2D eigenvalue weighted by molar-refractivity contribution is 8.47. The van der Waals surface area contributed by atoms with Crippen LogP contribution in [0.2, 0.25) is 0 Å². The van der Waals surface area contributed by atoms with Gasteiger partial charge in [0.1, 0.15) is 0 Å². The molecule has 0 rings (SSSR count). The van der Waals surface area contributed by atoms with Crippen molar-refractivity contribution in [1.82, 2.24) is 0 Å². The van der Waals surface area contributed by atoms with E-state index >= 15 is 0 Å². The summed E-state index contributed by atoms with van der Waals surface area (Å²) in [5, 5.41) is 0. The van der Waals surface area contributed by atoms with Gasteiger partial charge < -0.3 is 0 Å². The van der Waals surface area contributed by atoms with E-state index in [4.69, 9.17) is 0 Å². The van der Waals surface area contributed by atoms with Crippen LogP contribution in [0, 0.1) is 0 Å². The first kappa shape index (κ1) is 138. The van der Waals surface area contributed by atoms with Gasteiger partial charge in [-0.2, -0.15) is 0 Å². The van der Waals surface area contributed by atoms with Crippen molar-refractivity contribution in [2.45, 2.75) is 0 Å². The minimum Gasteiger partial charge on any atom is 0.000000105 e. The maximum Gasteiger partial charge on any atom is 0.0552 e. The lowest BCUT2D eigenvalue weighted by atomic mass is 8.16. The van der Waals surface area contributed by atoms with Gasteiger partial charge >= 0.3 is 0 Å². The van der Waals surface area contributed by atoms with Crippen molar-refractivity contribution in [3.63, 3.8) is 0 Å². The molecule has 130 heteroatoms. The van der Waals surface area contributed by atoms with Crippen LogP contribution in [0.3, 0.4) is 0 Å². The quantitative estimate of drug-likeness (QED) is 0.0533. The Labute approximate surface area is 909 Å². The zero-order chi connectivity index (χ0) is 103. The zero-order valence-corrected chi connectivity index (χ0v) is 103. The van der Waals surface area contributed by atoms with Gasteiger partial charge in [0.15, 0.2) is 0 Å². The standard InChI is InChI=1S/B130H132/c1-67(2)100(68(3)4)116(99(65)66)124(115(97(61)62)98(63)64)128(123(113(93(53)54)94(55)56)114(95(57)58)96(59)60)130(127(121(109(85(37)38)86(39)40)110(87(41)42)88(43)44)122(111(89(45)46)90(47)48)112(91(49)50)92(51)52)129(125(117(101(69(5)6)70(7)8)102(71(9)10)72(11)12)118(103(73(13)14)74(15)16)104(75(17)18)76(19)20)126(119(105(77(21)22)78(23)24)106(79(25)26)80(27)28)120(107(81(29)30)82(31)32)108(83(33)34)84(35)36/h1-66H2. The van der Waals surface area contributed by atoms with Gasteiger partial charge in [-0.15, -0.1) is 0 Å². The molecule has 0 N–H and O–H groups in total. The summed E-state index contributed by atoms with van der Waals surface area (Å²) in [7, 11) is 189. The molecule has 0 bridgehead atoms. The van der Waals surface area contributed by atoms with Crippen LogP contribution in [0.5, 0.6) is 0 Å². The third-order valence-electron chi connectivity index (χ3n) is 38.7. The lowest BCUT2D eigenvalue weighted by Gasteiger charge is -2.64. The topological polar surface area (TPSA) is 0 Å². The molecule has 0 aliphatic heterocycles. The summed E-state index contributed by atoms with van der Waals surface area (Å²) in [5.41, 5.74) is 0. The van der Waals surface area contributed by atoms with Gasteiger partial charge in [-0.3, -0.25) is 0 Å². The van der Waals surface area contributed by atoms with Crippen molar-refractivity contribution in [3.8, 4) is 0 Å². The largest absolute Gasteiger partial charge is 0.0552 e. The van der Waals surface area contributed by atoms with Crippen LogP contribution in [-0.4, -0.2) is 919 Å². The Hall–Kier alpha value is 8.44. The summed E-state index contributed by atoms with van der Waals surface area (Å²) >= 11 is 0. The molecular formula is H132B130. The highest BCUT2D eigenvalue weighted by Crippen LogP contribution is 2.34. The molecule has 0 radical (unpaired) electrons. The van der Waals surface area contributed by atoms with Crippen LogP contribution >= 0.6 is 0 Å². The first-order valence-electron chi connectivity index (χ1n) is 59.1. The normalized spacial score (nSPS) is 9.88. The Morgan fingerprint density at radius 1 is 0.0385 bits per heavy atom. The van der Waals surface area contributed by atoms with E-state index in [0.29, 0.717) is 402 Å². The van der Waals surface area contributed by atoms with Gasteiger partial charge in [0.25, 0.3) is 0 Å².